The molecule has 0 saturated heterocycles. The molecule has 1 aliphatic heterocycles. The van der Waals surface area contributed by atoms with Gasteiger partial charge in [0.15, 0.2) is 5.82 Å². The molecule has 2 aliphatic rings. The Morgan fingerprint density at radius 3 is 2.74 bits per heavy atom. The first kappa shape index (κ1) is 21.8. The molecule has 1 fully saturated rings. The smallest absolute Gasteiger partial charge is 0.290 e. The van der Waals surface area contributed by atoms with Crippen molar-refractivity contribution < 1.29 is 9.59 Å². The summed E-state index contributed by atoms with van der Waals surface area (Å²) in [5, 5.41) is 3.35. The minimum absolute atomic E-state index is 0.0426. The number of hydrogen-bond donors (Lipinski definition) is 1. The normalized spacial score (nSPS) is 28.8. The molecule has 6 nitrogen and oxygen atoms in total. The van der Waals surface area contributed by atoms with Crippen molar-refractivity contribution in [2.45, 2.75) is 78.4 Å². The number of aromatic nitrogens is 2. The molecule has 1 N–H and O–H groups in total. The van der Waals surface area contributed by atoms with Gasteiger partial charge in [0.05, 0.1) is 17.6 Å². The van der Waals surface area contributed by atoms with Crippen LogP contribution >= 0.6 is 0 Å². The fraction of sp³-hybridized carbons (Fsp3) is 0.640. The minimum Gasteiger partial charge on any atom is -0.351 e. The van der Waals surface area contributed by atoms with Gasteiger partial charge in [0.1, 0.15) is 5.54 Å². The number of rotatable bonds is 5. The van der Waals surface area contributed by atoms with Crippen molar-refractivity contribution in [1.82, 2.24) is 19.8 Å². The molecule has 31 heavy (non-hydrogen) atoms. The molecule has 168 valence electrons. The zero-order chi connectivity index (χ0) is 22.3. The maximum atomic E-state index is 13.8. The molecule has 4 rings (SSSR count). The fourth-order valence-electron chi connectivity index (χ4n) is 5.18. The van der Waals surface area contributed by atoms with E-state index in [9.17, 15) is 9.59 Å². The third-order valence-corrected chi connectivity index (χ3v) is 7.60. The predicted molar refractivity (Wildman–Crippen MR) is 123 cm³/mol. The minimum atomic E-state index is -0.942. The fourth-order valence-corrected chi connectivity index (χ4v) is 5.18. The lowest BCUT2D eigenvalue weighted by molar-refractivity contribution is -0.134. The summed E-state index contributed by atoms with van der Waals surface area (Å²) in [5.41, 5.74) is 0.769. The summed E-state index contributed by atoms with van der Waals surface area (Å²) in [6.45, 7) is 11.7. The quantitative estimate of drug-likeness (QED) is 0.781. The van der Waals surface area contributed by atoms with E-state index >= 15 is 0 Å². The highest BCUT2D eigenvalue weighted by Gasteiger charge is 2.49. The molecule has 0 radical (unpaired) electrons. The average molecular weight is 425 g/mol. The molecule has 2 aromatic rings. The van der Waals surface area contributed by atoms with Gasteiger partial charge in [-0.2, -0.15) is 0 Å². The number of nitrogens with one attached hydrogen (secondary N) is 1. The van der Waals surface area contributed by atoms with Crippen molar-refractivity contribution in [3.05, 3.63) is 30.1 Å². The Morgan fingerprint density at radius 1 is 1.26 bits per heavy atom. The summed E-state index contributed by atoms with van der Waals surface area (Å²) < 4.78 is 1.94. The third kappa shape index (κ3) is 3.85. The Hall–Kier alpha value is -2.37. The van der Waals surface area contributed by atoms with Gasteiger partial charge >= 0.3 is 0 Å². The zero-order valence-electron chi connectivity index (χ0n) is 19.5. The van der Waals surface area contributed by atoms with Crippen LogP contribution < -0.4 is 5.32 Å². The van der Waals surface area contributed by atoms with E-state index in [4.69, 9.17) is 0 Å². The SMILES string of the molecule is CC(C)CCN1C(=O)c2nc3ccccc3n2CC1(C)C(=O)NC1CCCC(C)C1C. The van der Waals surface area contributed by atoms with Gasteiger partial charge in [0.2, 0.25) is 5.91 Å². The number of nitrogens with zero attached hydrogens (tertiary/aromatic N) is 3. The van der Waals surface area contributed by atoms with Crippen molar-refractivity contribution in [3.63, 3.8) is 0 Å². The second-order valence-electron chi connectivity index (χ2n) is 10.3. The predicted octanol–water partition coefficient (Wildman–Crippen LogP) is 4.24. The van der Waals surface area contributed by atoms with Gasteiger partial charge in [-0.25, -0.2) is 4.98 Å². The number of amides is 2. The highest BCUT2D eigenvalue weighted by Crippen LogP contribution is 2.33. The third-order valence-electron chi connectivity index (χ3n) is 7.60. The summed E-state index contributed by atoms with van der Waals surface area (Å²) in [6, 6.07) is 7.95. The lowest BCUT2D eigenvalue weighted by Gasteiger charge is -2.45. The Morgan fingerprint density at radius 2 is 2.00 bits per heavy atom. The maximum Gasteiger partial charge on any atom is 0.290 e. The number of benzene rings is 1. The summed E-state index contributed by atoms with van der Waals surface area (Å²) in [6.07, 6.45) is 4.21. The van der Waals surface area contributed by atoms with Crippen molar-refractivity contribution in [3.8, 4) is 0 Å². The van der Waals surface area contributed by atoms with Gasteiger partial charge in [0, 0.05) is 12.6 Å². The lowest BCUT2D eigenvalue weighted by Crippen LogP contribution is -2.65. The monoisotopic (exact) mass is 424 g/mol. The first-order chi connectivity index (χ1) is 14.7. The number of imidazole rings is 1. The van der Waals surface area contributed by atoms with Crippen LogP contribution in [0.2, 0.25) is 0 Å². The Kier molecular flexibility index (Phi) is 5.84. The summed E-state index contributed by atoms with van der Waals surface area (Å²) in [7, 11) is 0. The van der Waals surface area contributed by atoms with Gasteiger partial charge in [-0.05, 0) is 49.7 Å². The van der Waals surface area contributed by atoms with Crippen LogP contribution in [0.1, 0.15) is 70.9 Å². The molecule has 4 unspecified atom stereocenters. The molecule has 1 saturated carbocycles. The van der Waals surface area contributed by atoms with Crippen LogP contribution in [0.4, 0.5) is 0 Å². The molecule has 4 atom stereocenters. The van der Waals surface area contributed by atoms with E-state index in [2.05, 4.69) is 38.0 Å². The van der Waals surface area contributed by atoms with Crippen LogP contribution in [0, 0.1) is 17.8 Å². The Balaban J connectivity index is 1.69. The van der Waals surface area contributed by atoms with Gasteiger partial charge < -0.3 is 14.8 Å². The van der Waals surface area contributed by atoms with E-state index in [1.54, 1.807) is 4.90 Å². The van der Waals surface area contributed by atoms with E-state index in [0.29, 0.717) is 36.7 Å². The summed E-state index contributed by atoms with van der Waals surface area (Å²) >= 11 is 0. The van der Waals surface area contributed by atoms with Crippen LogP contribution in [0.5, 0.6) is 0 Å². The lowest BCUT2D eigenvalue weighted by atomic mass is 9.77. The van der Waals surface area contributed by atoms with Crippen molar-refractivity contribution in [2.24, 2.45) is 17.8 Å². The number of fused-ring (bicyclic) bond motifs is 3. The molecule has 1 aromatic heterocycles. The molecule has 1 aromatic carbocycles. The van der Waals surface area contributed by atoms with Gasteiger partial charge in [-0.1, -0.05) is 52.7 Å². The Labute approximate surface area is 185 Å². The first-order valence-electron chi connectivity index (χ1n) is 11.8. The number of carbonyl (C=O) groups excluding carboxylic acids is 2. The summed E-state index contributed by atoms with van der Waals surface area (Å²) in [5.74, 6) is 1.73. The molecule has 6 heteroatoms. The topological polar surface area (TPSA) is 67.2 Å². The van der Waals surface area contributed by atoms with Crippen LogP contribution in [-0.4, -0.2) is 44.4 Å². The second kappa shape index (κ2) is 8.29. The van der Waals surface area contributed by atoms with Gasteiger partial charge in [0.25, 0.3) is 5.91 Å². The van der Waals surface area contributed by atoms with E-state index in [1.165, 1.54) is 6.42 Å². The van der Waals surface area contributed by atoms with Gasteiger partial charge in [-0.15, -0.1) is 0 Å². The standard InChI is InChI=1S/C25H36N4O2/c1-16(2)13-14-29-23(30)22-26-20-10-6-7-12-21(20)28(22)15-25(29,5)24(31)27-19-11-8-9-17(3)18(19)4/h6-7,10,12,16-19H,8-9,11,13-15H2,1-5H3,(H,27,31). The Bertz CT molecular complexity index is 981. The van der Waals surface area contributed by atoms with Gasteiger partial charge in [-0.3, -0.25) is 9.59 Å². The molecule has 2 amide bonds. The van der Waals surface area contributed by atoms with E-state index in [0.717, 1.165) is 30.3 Å². The van der Waals surface area contributed by atoms with Crippen LogP contribution in [0.15, 0.2) is 24.3 Å². The first-order valence-corrected chi connectivity index (χ1v) is 11.8. The zero-order valence-corrected chi connectivity index (χ0v) is 19.5. The van der Waals surface area contributed by atoms with Crippen LogP contribution in [-0.2, 0) is 11.3 Å². The summed E-state index contributed by atoms with van der Waals surface area (Å²) in [4.78, 5) is 33.8. The molecule has 0 bridgehead atoms. The number of hydrogen-bond acceptors (Lipinski definition) is 3. The van der Waals surface area contributed by atoms with E-state index in [1.807, 2.05) is 35.8 Å². The molecular formula is C25H36N4O2. The van der Waals surface area contributed by atoms with E-state index in [-0.39, 0.29) is 17.9 Å². The highest BCUT2D eigenvalue weighted by atomic mass is 16.2. The molecule has 0 spiro atoms. The molecule has 1 aliphatic carbocycles. The van der Waals surface area contributed by atoms with Crippen LogP contribution in [0.3, 0.4) is 0 Å². The van der Waals surface area contributed by atoms with E-state index < -0.39 is 5.54 Å². The largest absolute Gasteiger partial charge is 0.351 e. The number of para-hydroxylation sites is 2. The maximum absolute atomic E-state index is 13.8. The number of carbonyl (C=O) groups is 2. The van der Waals surface area contributed by atoms with Crippen LogP contribution in [0.25, 0.3) is 11.0 Å². The second-order valence-corrected chi connectivity index (χ2v) is 10.3. The average Bonchev–Trinajstić information content (AvgIpc) is 3.09. The molecule has 2 heterocycles. The molecular weight excluding hydrogens is 388 g/mol. The van der Waals surface area contributed by atoms with Crippen molar-refractivity contribution in [1.29, 1.82) is 0 Å². The highest BCUT2D eigenvalue weighted by molar-refractivity contribution is 6.01. The van der Waals surface area contributed by atoms with Crippen molar-refractivity contribution in [2.75, 3.05) is 6.54 Å². The van der Waals surface area contributed by atoms with Crippen molar-refractivity contribution >= 4 is 22.8 Å².